The predicted octanol–water partition coefficient (Wildman–Crippen LogP) is 4.31. The Morgan fingerprint density at radius 1 is 1.20 bits per heavy atom. The summed E-state index contributed by atoms with van der Waals surface area (Å²) in [6.45, 7) is 0.894. The minimum atomic E-state index is 0.635. The molecule has 0 radical (unpaired) electrons. The zero-order valence-electron chi connectivity index (χ0n) is 11.6. The van der Waals surface area contributed by atoms with Crippen molar-refractivity contribution in [2.75, 3.05) is 11.9 Å². The molecule has 1 aliphatic carbocycles. The van der Waals surface area contributed by atoms with Gasteiger partial charge in [-0.1, -0.05) is 36.6 Å². The molecule has 3 rings (SSSR count). The first-order valence-corrected chi connectivity index (χ1v) is 7.72. The van der Waals surface area contributed by atoms with Gasteiger partial charge >= 0.3 is 0 Å². The molecule has 4 heteroatoms. The van der Waals surface area contributed by atoms with E-state index in [1.807, 2.05) is 18.3 Å². The summed E-state index contributed by atoms with van der Waals surface area (Å²) >= 11 is 5.89. The molecule has 1 N–H and O–H groups in total. The highest BCUT2D eigenvalue weighted by atomic mass is 35.5. The fourth-order valence-electron chi connectivity index (χ4n) is 2.90. The van der Waals surface area contributed by atoms with E-state index in [9.17, 15) is 0 Å². The summed E-state index contributed by atoms with van der Waals surface area (Å²) in [5.74, 6) is 1.01. The highest BCUT2D eigenvalue weighted by molar-refractivity contribution is 6.30. The van der Waals surface area contributed by atoms with Gasteiger partial charge in [0.25, 0.3) is 0 Å². The van der Waals surface area contributed by atoms with Gasteiger partial charge in [0.15, 0.2) is 0 Å². The third kappa shape index (κ3) is 3.15. The molecule has 0 spiro atoms. The molecule has 106 valence electrons. The number of rotatable bonds is 5. The first-order chi connectivity index (χ1) is 9.83. The van der Waals surface area contributed by atoms with Crippen LogP contribution in [0.5, 0.6) is 0 Å². The maximum atomic E-state index is 5.89. The Bertz CT molecular complexity index is 541. The number of benzene rings is 1. The van der Waals surface area contributed by atoms with Gasteiger partial charge in [-0.25, -0.2) is 4.98 Å². The van der Waals surface area contributed by atoms with Gasteiger partial charge < -0.3 is 9.88 Å². The topological polar surface area (TPSA) is 29.9 Å². The highest BCUT2D eigenvalue weighted by Gasteiger charge is 2.18. The number of imidazole rings is 1. The normalized spacial score (nSPS) is 15.7. The van der Waals surface area contributed by atoms with Crippen LogP contribution < -0.4 is 5.32 Å². The molecule has 0 unspecified atom stereocenters. The molecule has 0 amide bonds. The second-order valence-electron chi connectivity index (χ2n) is 5.40. The second kappa shape index (κ2) is 6.31. The number of nitrogens with zero attached hydrogens (tertiary/aromatic N) is 2. The highest BCUT2D eigenvalue weighted by Crippen LogP contribution is 2.31. The molecule has 0 bridgehead atoms. The lowest BCUT2D eigenvalue weighted by Gasteiger charge is -2.15. The number of nitrogens with one attached hydrogen (secondary N) is 1. The molecule has 0 atom stereocenters. The first kappa shape index (κ1) is 13.5. The Balaban J connectivity index is 1.56. The minimum absolute atomic E-state index is 0.635. The van der Waals surface area contributed by atoms with Crippen molar-refractivity contribution in [2.24, 2.45) is 0 Å². The van der Waals surface area contributed by atoms with E-state index in [2.05, 4.69) is 33.2 Å². The van der Waals surface area contributed by atoms with Gasteiger partial charge in [0.2, 0.25) is 5.95 Å². The lowest BCUT2D eigenvalue weighted by Crippen LogP contribution is -2.13. The predicted molar refractivity (Wildman–Crippen MR) is 83.4 cm³/mol. The van der Waals surface area contributed by atoms with Gasteiger partial charge in [0, 0.05) is 30.0 Å². The van der Waals surface area contributed by atoms with Crippen molar-refractivity contribution >= 4 is 17.5 Å². The molecule has 1 aromatic heterocycles. The summed E-state index contributed by atoms with van der Waals surface area (Å²) in [5.41, 5.74) is 1.29. The van der Waals surface area contributed by atoms with Crippen molar-refractivity contribution in [1.29, 1.82) is 0 Å². The molecule has 3 nitrogen and oxygen atoms in total. The molecule has 1 aliphatic rings. The van der Waals surface area contributed by atoms with E-state index < -0.39 is 0 Å². The smallest absolute Gasteiger partial charge is 0.203 e. The maximum Gasteiger partial charge on any atom is 0.203 e. The van der Waals surface area contributed by atoms with Crippen LogP contribution in [0.1, 0.15) is 37.3 Å². The zero-order valence-corrected chi connectivity index (χ0v) is 12.3. The molecule has 1 heterocycles. The van der Waals surface area contributed by atoms with Gasteiger partial charge in [0.1, 0.15) is 0 Å². The van der Waals surface area contributed by atoms with Crippen molar-refractivity contribution in [3.05, 3.63) is 47.2 Å². The van der Waals surface area contributed by atoms with Crippen LogP contribution in [-0.2, 0) is 6.42 Å². The van der Waals surface area contributed by atoms with Crippen LogP contribution in [-0.4, -0.2) is 16.1 Å². The molecule has 1 fully saturated rings. The Morgan fingerprint density at radius 3 is 2.70 bits per heavy atom. The lowest BCUT2D eigenvalue weighted by molar-refractivity contribution is 0.523. The standard InChI is InChI=1S/C16H20ClN3/c17-14-7-5-13(6-8-14)9-10-18-16-19-11-12-20(16)15-3-1-2-4-15/h5-8,11-12,15H,1-4,9-10H2,(H,18,19). The van der Waals surface area contributed by atoms with Gasteiger partial charge in [0.05, 0.1) is 0 Å². The molecule has 0 saturated heterocycles. The van der Waals surface area contributed by atoms with E-state index >= 15 is 0 Å². The lowest BCUT2D eigenvalue weighted by atomic mass is 10.1. The van der Waals surface area contributed by atoms with Crippen molar-refractivity contribution < 1.29 is 0 Å². The summed E-state index contributed by atoms with van der Waals surface area (Å²) in [6.07, 6.45) is 10.2. The van der Waals surface area contributed by atoms with Crippen molar-refractivity contribution in [3.8, 4) is 0 Å². The summed E-state index contributed by atoms with van der Waals surface area (Å²) < 4.78 is 2.30. The van der Waals surface area contributed by atoms with Crippen LogP contribution in [0.4, 0.5) is 5.95 Å². The van der Waals surface area contributed by atoms with E-state index in [1.54, 1.807) is 0 Å². The van der Waals surface area contributed by atoms with Crippen LogP contribution in [0.2, 0.25) is 5.02 Å². The van der Waals surface area contributed by atoms with Crippen LogP contribution in [0.25, 0.3) is 0 Å². The third-order valence-corrected chi connectivity index (χ3v) is 4.25. The zero-order chi connectivity index (χ0) is 13.8. The van der Waals surface area contributed by atoms with E-state index in [0.717, 1.165) is 23.9 Å². The van der Waals surface area contributed by atoms with Crippen LogP contribution in [0.15, 0.2) is 36.7 Å². The third-order valence-electron chi connectivity index (χ3n) is 4.00. The molecule has 0 aliphatic heterocycles. The molecule has 1 saturated carbocycles. The average molecular weight is 290 g/mol. The van der Waals surface area contributed by atoms with E-state index in [1.165, 1.54) is 31.2 Å². The minimum Gasteiger partial charge on any atom is -0.355 e. The number of hydrogen-bond donors (Lipinski definition) is 1. The Kier molecular flexibility index (Phi) is 4.26. The SMILES string of the molecule is Clc1ccc(CCNc2nccn2C2CCCC2)cc1. The number of aromatic nitrogens is 2. The average Bonchev–Trinajstić information content (AvgIpc) is 3.11. The number of halogens is 1. The van der Waals surface area contributed by atoms with Crippen molar-refractivity contribution in [2.45, 2.75) is 38.1 Å². The fourth-order valence-corrected chi connectivity index (χ4v) is 3.02. The van der Waals surface area contributed by atoms with E-state index in [4.69, 9.17) is 11.6 Å². The summed E-state index contributed by atoms with van der Waals surface area (Å²) in [4.78, 5) is 4.44. The van der Waals surface area contributed by atoms with Crippen LogP contribution in [0, 0.1) is 0 Å². The van der Waals surface area contributed by atoms with Crippen molar-refractivity contribution in [3.63, 3.8) is 0 Å². The maximum absolute atomic E-state index is 5.89. The molecule has 2 aromatic rings. The Labute approximate surface area is 125 Å². The fraction of sp³-hybridized carbons (Fsp3) is 0.438. The Morgan fingerprint density at radius 2 is 1.95 bits per heavy atom. The number of hydrogen-bond acceptors (Lipinski definition) is 2. The van der Waals surface area contributed by atoms with Gasteiger partial charge in [-0.2, -0.15) is 0 Å². The van der Waals surface area contributed by atoms with Gasteiger partial charge in [-0.15, -0.1) is 0 Å². The quantitative estimate of drug-likeness (QED) is 0.889. The Hall–Kier alpha value is -1.48. The second-order valence-corrected chi connectivity index (χ2v) is 5.84. The summed E-state index contributed by atoms with van der Waals surface area (Å²) in [5, 5.41) is 4.24. The van der Waals surface area contributed by atoms with Gasteiger partial charge in [-0.05, 0) is 37.0 Å². The monoisotopic (exact) mass is 289 g/mol. The summed E-state index contributed by atoms with van der Waals surface area (Å²) in [6, 6.07) is 8.67. The molecule has 20 heavy (non-hydrogen) atoms. The van der Waals surface area contributed by atoms with Crippen molar-refractivity contribution in [1.82, 2.24) is 9.55 Å². The largest absolute Gasteiger partial charge is 0.355 e. The summed E-state index contributed by atoms with van der Waals surface area (Å²) in [7, 11) is 0. The molecule has 1 aromatic carbocycles. The van der Waals surface area contributed by atoms with E-state index in [0.29, 0.717) is 6.04 Å². The first-order valence-electron chi connectivity index (χ1n) is 7.34. The van der Waals surface area contributed by atoms with Crippen LogP contribution >= 0.6 is 11.6 Å². The molecular weight excluding hydrogens is 270 g/mol. The van der Waals surface area contributed by atoms with E-state index in [-0.39, 0.29) is 0 Å². The number of anilines is 1. The van der Waals surface area contributed by atoms with Crippen LogP contribution in [0.3, 0.4) is 0 Å². The molecular formula is C16H20ClN3. The van der Waals surface area contributed by atoms with Gasteiger partial charge in [-0.3, -0.25) is 0 Å².